The van der Waals surface area contributed by atoms with Crippen LogP contribution in [-0.4, -0.2) is 50.7 Å². The van der Waals surface area contributed by atoms with Crippen LogP contribution in [0.1, 0.15) is 49.0 Å². The number of ether oxygens (including phenoxy) is 4. The lowest BCUT2D eigenvalue weighted by Gasteiger charge is -2.37. The molecule has 3 aromatic carbocycles. The van der Waals surface area contributed by atoms with Crippen LogP contribution in [-0.2, 0) is 4.74 Å². The number of halogens is 2. The molecule has 0 saturated carbocycles. The molecule has 2 unspecified atom stereocenters. The maximum absolute atomic E-state index is 13.8. The summed E-state index contributed by atoms with van der Waals surface area (Å²) in [4.78, 5) is 2.20. The second-order valence-corrected chi connectivity index (χ2v) is 10.8. The van der Waals surface area contributed by atoms with Gasteiger partial charge in [-0.3, -0.25) is 9.29 Å². The fourth-order valence-corrected chi connectivity index (χ4v) is 5.69. The van der Waals surface area contributed by atoms with Crippen LogP contribution in [0.25, 0.3) is 11.1 Å². The SMILES string of the molecule is CC1=C(c2ccc(F)cc2)C(c2ccc(OCCN3CC(CF)C3)cc2)Oc2cc(OC3CCCCO3)ccc21. The molecule has 40 heavy (non-hydrogen) atoms. The third-order valence-corrected chi connectivity index (χ3v) is 7.94. The topological polar surface area (TPSA) is 40.2 Å². The van der Waals surface area contributed by atoms with Crippen molar-refractivity contribution in [3.8, 4) is 17.2 Å². The number of benzene rings is 3. The van der Waals surface area contributed by atoms with Gasteiger partial charge in [-0.15, -0.1) is 0 Å². The largest absolute Gasteiger partial charge is 0.492 e. The number of alkyl halides is 1. The molecule has 3 aliphatic heterocycles. The Morgan fingerprint density at radius 1 is 0.950 bits per heavy atom. The van der Waals surface area contributed by atoms with Crippen LogP contribution in [0.5, 0.6) is 17.2 Å². The van der Waals surface area contributed by atoms with Crippen LogP contribution < -0.4 is 14.2 Å². The van der Waals surface area contributed by atoms with Gasteiger partial charge in [-0.2, -0.15) is 0 Å². The minimum atomic E-state index is -0.396. The summed E-state index contributed by atoms with van der Waals surface area (Å²) in [5.74, 6) is 2.13. The number of rotatable bonds is 9. The smallest absolute Gasteiger partial charge is 0.199 e. The van der Waals surface area contributed by atoms with Crippen molar-refractivity contribution in [2.75, 3.05) is 39.5 Å². The van der Waals surface area contributed by atoms with Crippen molar-refractivity contribution in [2.24, 2.45) is 5.92 Å². The van der Waals surface area contributed by atoms with E-state index < -0.39 is 6.10 Å². The normalized spacial score (nSPS) is 21.4. The number of likely N-dealkylation sites (tertiary alicyclic amines) is 1. The Hall–Kier alpha value is -3.42. The van der Waals surface area contributed by atoms with Gasteiger partial charge in [-0.05, 0) is 72.9 Å². The molecule has 0 aliphatic carbocycles. The highest BCUT2D eigenvalue weighted by Crippen LogP contribution is 2.47. The number of hydrogen-bond acceptors (Lipinski definition) is 5. The van der Waals surface area contributed by atoms with E-state index in [1.807, 2.05) is 42.5 Å². The van der Waals surface area contributed by atoms with Crippen LogP contribution in [0.4, 0.5) is 8.78 Å². The molecule has 0 N–H and O–H groups in total. The van der Waals surface area contributed by atoms with E-state index in [2.05, 4.69) is 11.8 Å². The highest BCUT2D eigenvalue weighted by Gasteiger charge is 2.30. The first kappa shape index (κ1) is 26.8. The molecule has 0 radical (unpaired) electrons. The maximum Gasteiger partial charge on any atom is 0.199 e. The molecular formula is C33H35F2NO4. The van der Waals surface area contributed by atoms with Gasteiger partial charge >= 0.3 is 0 Å². The summed E-state index contributed by atoms with van der Waals surface area (Å²) in [5.41, 5.74) is 4.91. The van der Waals surface area contributed by atoms with Gasteiger partial charge < -0.3 is 18.9 Å². The van der Waals surface area contributed by atoms with Crippen LogP contribution >= 0.6 is 0 Å². The number of fused-ring (bicyclic) bond motifs is 1. The molecule has 7 heteroatoms. The second-order valence-electron chi connectivity index (χ2n) is 10.8. The Bertz CT molecular complexity index is 1330. The lowest BCUT2D eigenvalue weighted by Crippen LogP contribution is -2.49. The predicted molar refractivity (Wildman–Crippen MR) is 151 cm³/mol. The van der Waals surface area contributed by atoms with Gasteiger partial charge in [0.1, 0.15) is 35.8 Å². The number of allylic oxidation sites excluding steroid dienone is 1. The van der Waals surface area contributed by atoms with E-state index in [1.54, 1.807) is 12.1 Å². The van der Waals surface area contributed by atoms with Gasteiger partial charge in [0.2, 0.25) is 0 Å². The third kappa shape index (κ3) is 5.86. The first-order valence-corrected chi connectivity index (χ1v) is 14.1. The molecule has 3 heterocycles. The molecule has 5 nitrogen and oxygen atoms in total. The Labute approximate surface area is 234 Å². The lowest BCUT2D eigenvalue weighted by molar-refractivity contribution is -0.105. The Morgan fingerprint density at radius 3 is 2.45 bits per heavy atom. The maximum atomic E-state index is 13.8. The Balaban J connectivity index is 1.23. The van der Waals surface area contributed by atoms with E-state index in [9.17, 15) is 8.78 Å². The van der Waals surface area contributed by atoms with Gasteiger partial charge in [0.15, 0.2) is 6.29 Å². The monoisotopic (exact) mass is 547 g/mol. The van der Waals surface area contributed by atoms with E-state index >= 15 is 0 Å². The van der Waals surface area contributed by atoms with E-state index in [0.29, 0.717) is 19.0 Å². The average molecular weight is 548 g/mol. The predicted octanol–water partition coefficient (Wildman–Crippen LogP) is 7.08. The Kier molecular flexibility index (Phi) is 8.03. The van der Waals surface area contributed by atoms with E-state index in [4.69, 9.17) is 18.9 Å². The molecule has 2 saturated heterocycles. The van der Waals surface area contributed by atoms with Crippen molar-refractivity contribution in [3.05, 3.63) is 89.2 Å². The zero-order chi connectivity index (χ0) is 27.5. The van der Waals surface area contributed by atoms with Crippen molar-refractivity contribution in [1.82, 2.24) is 4.90 Å². The van der Waals surface area contributed by atoms with Gasteiger partial charge in [-0.1, -0.05) is 24.3 Å². The van der Waals surface area contributed by atoms with Crippen LogP contribution in [0.3, 0.4) is 0 Å². The van der Waals surface area contributed by atoms with E-state index in [1.165, 1.54) is 12.1 Å². The molecule has 210 valence electrons. The molecule has 2 fully saturated rings. The van der Waals surface area contributed by atoms with Gasteiger partial charge in [0.25, 0.3) is 0 Å². The van der Waals surface area contributed by atoms with Crippen molar-refractivity contribution in [1.29, 1.82) is 0 Å². The summed E-state index contributed by atoms with van der Waals surface area (Å²) in [6, 6.07) is 20.4. The van der Waals surface area contributed by atoms with Crippen LogP contribution in [0.15, 0.2) is 66.7 Å². The summed E-state index contributed by atoms with van der Waals surface area (Å²) >= 11 is 0. The first-order valence-electron chi connectivity index (χ1n) is 14.1. The van der Waals surface area contributed by atoms with Crippen molar-refractivity contribution in [3.63, 3.8) is 0 Å². The minimum Gasteiger partial charge on any atom is -0.492 e. The first-order chi connectivity index (χ1) is 19.6. The number of nitrogens with zero attached hydrogens (tertiary/aromatic N) is 1. The molecule has 0 amide bonds. The fraction of sp³-hybridized carbons (Fsp3) is 0.394. The molecule has 6 rings (SSSR count). The minimum absolute atomic E-state index is 0.176. The van der Waals surface area contributed by atoms with Gasteiger partial charge in [0.05, 0.1) is 13.3 Å². The van der Waals surface area contributed by atoms with Crippen molar-refractivity contribution in [2.45, 2.75) is 38.6 Å². The average Bonchev–Trinajstić information content (AvgIpc) is 2.96. The molecule has 0 aromatic heterocycles. The highest BCUT2D eigenvalue weighted by molar-refractivity contribution is 5.95. The Morgan fingerprint density at radius 2 is 1.73 bits per heavy atom. The summed E-state index contributed by atoms with van der Waals surface area (Å²) in [5, 5.41) is 0. The zero-order valence-electron chi connectivity index (χ0n) is 22.8. The standard InChI is InChI=1S/C33H35F2NO4/c1-22-29-14-13-28(39-31-4-2-3-16-38-31)18-30(29)40-33(32(22)24-5-9-26(35)10-6-24)25-7-11-27(12-8-25)37-17-15-36-20-23(19-34)21-36/h5-14,18,23,31,33H,2-4,15-17,19-21H2,1H3. The van der Waals surface area contributed by atoms with Gasteiger partial charge in [-0.25, -0.2) is 4.39 Å². The molecule has 0 spiro atoms. The lowest BCUT2D eigenvalue weighted by atomic mass is 9.86. The molecule has 3 aliphatic rings. The molecule has 0 bridgehead atoms. The summed E-state index contributed by atoms with van der Waals surface area (Å²) in [6.45, 7) is 5.50. The van der Waals surface area contributed by atoms with Crippen molar-refractivity contribution < 1.29 is 27.7 Å². The van der Waals surface area contributed by atoms with Crippen LogP contribution in [0, 0.1) is 11.7 Å². The summed E-state index contributed by atoms with van der Waals surface area (Å²) < 4.78 is 51.0. The highest BCUT2D eigenvalue weighted by atomic mass is 19.1. The zero-order valence-corrected chi connectivity index (χ0v) is 22.8. The molecular weight excluding hydrogens is 512 g/mol. The fourth-order valence-electron chi connectivity index (χ4n) is 5.69. The van der Waals surface area contributed by atoms with Crippen molar-refractivity contribution >= 4 is 11.1 Å². The summed E-state index contributed by atoms with van der Waals surface area (Å²) in [7, 11) is 0. The third-order valence-electron chi connectivity index (χ3n) is 7.94. The number of hydrogen-bond donors (Lipinski definition) is 0. The van der Waals surface area contributed by atoms with Gasteiger partial charge in [0, 0.05) is 49.2 Å². The quantitative estimate of drug-likeness (QED) is 0.286. The van der Waals surface area contributed by atoms with E-state index in [0.717, 1.165) is 78.2 Å². The van der Waals surface area contributed by atoms with Crippen LogP contribution in [0.2, 0.25) is 0 Å². The van der Waals surface area contributed by atoms with E-state index in [-0.39, 0.29) is 24.7 Å². The molecule has 3 aromatic rings. The molecule has 2 atom stereocenters. The second kappa shape index (κ2) is 12.0. The summed E-state index contributed by atoms with van der Waals surface area (Å²) in [6.07, 6.45) is 2.39.